The summed E-state index contributed by atoms with van der Waals surface area (Å²) in [6, 6.07) is 0. The maximum absolute atomic E-state index is 12.7. The summed E-state index contributed by atoms with van der Waals surface area (Å²) in [6.45, 7) is 7.62. The molecule has 3 fully saturated rings. The van der Waals surface area contributed by atoms with Crippen molar-refractivity contribution in [2.24, 2.45) is 11.8 Å². The van der Waals surface area contributed by atoms with Crippen molar-refractivity contribution in [3.63, 3.8) is 0 Å². The molecule has 0 aromatic carbocycles. The first-order chi connectivity index (χ1) is 15.2. The third-order valence-electron chi connectivity index (χ3n) is 6.70. The molecule has 6 atom stereocenters. The number of hydrogen-bond donors (Lipinski definition) is 0. The van der Waals surface area contributed by atoms with Gasteiger partial charge in [-0.25, -0.2) is 0 Å². The molecular weight excluding hydrogens is 392 g/mol. The molecule has 176 valence electrons. The van der Waals surface area contributed by atoms with Crippen LogP contribution in [0, 0.1) is 11.8 Å². The molecule has 31 heavy (non-hydrogen) atoms. The third-order valence-corrected chi connectivity index (χ3v) is 6.70. The molecule has 3 aliphatic rings. The Morgan fingerprint density at radius 1 is 1.10 bits per heavy atom. The van der Waals surface area contributed by atoms with Crippen molar-refractivity contribution in [2.45, 2.75) is 109 Å². The zero-order chi connectivity index (χ0) is 21.9. The van der Waals surface area contributed by atoms with Gasteiger partial charge >= 0.3 is 0 Å². The van der Waals surface area contributed by atoms with Crippen molar-refractivity contribution in [1.29, 1.82) is 0 Å². The van der Waals surface area contributed by atoms with Crippen molar-refractivity contribution in [3.8, 4) is 0 Å². The molecule has 2 aliphatic heterocycles. The Labute approximate surface area is 188 Å². The molecule has 0 N–H and O–H groups in total. The fourth-order valence-corrected chi connectivity index (χ4v) is 4.91. The van der Waals surface area contributed by atoms with Crippen LogP contribution in [0.5, 0.6) is 0 Å². The van der Waals surface area contributed by atoms with Gasteiger partial charge in [0.1, 0.15) is 5.78 Å². The molecule has 0 spiro atoms. The quantitative estimate of drug-likeness (QED) is 0.290. The lowest BCUT2D eigenvalue weighted by Crippen LogP contribution is -2.31. The van der Waals surface area contributed by atoms with E-state index in [1.165, 1.54) is 12.8 Å². The Hall–Kier alpha value is -1.01. The van der Waals surface area contributed by atoms with Gasteiger partial charge in [0.2, 0.25) is 0 Å². The molecule has 1 saturated carbocycles. The van der Waals surface area contributed by atoms with Gasteiger partial charge in [-0.15, -0.1) is 6.58 Å². The molecule has 0 radical (unpaired) electrons. The molecule has 2 saturated heterocycles. The summed E-state index contributed by atoms with van der Waals surface area (Å²) >= 11 is 0. The maximum Gasteiger partial charge on any atom is 0.158 e. The standard InChI is InChI=1S/C26H42O5/c1-3-5-6-12-20(30-25-13-7-9-17-28-25)15-16-22-21(11-4-2)23(27)19-24(22)31-26-14-8-10-18-29-26/h4,15-16,20-22,24-26H,2-3,5-14,17-19H2,1H3/b16-15+/t20-,21-,22+,24+,25?,26?/m0/s1. The first-order valence-electron chi connectivity index (χ1n) is 12.6. The fraction of sp³-hybridized carbons (Fsp3) is 0.808. The van der Waals surface area contributed by atoms with E-state index in [0.29, 0.717) is 12.8 Å². The summed E-state index contributed by atoms with van der Waals surface area (Å²) in [5.74, 6) is 0.250. The molecule has 2 unspecified atom stereocenters. The van der Waals surface area contributed by atoms with Crippen LogP contribution in [0.2, 0.25) is 0 Å². The van der Waals surface area contributed by atoms with E-state index < -0.39 is 0 Å². The Kier molecular flexibility index (Phi) is 10.7. The highest BCUT2D eigenvalue weighted by molar-refractivity contribution is 5.84. The summed E-state index contributed by atoms with van der Waals surface area (Å²) in [5.41, 5.74) is 0. The molecule has 2 heterocycles. The van der Waals surface area contributed by atoms with Gasteiger partial charge in [-0.1, -0.05) is 44.4 Å². The van der Waals surface area contributed by atoms with E-state index >= 15 is 0 Å². The fourth-order valence-electron chi connectivity index (χ4n) is 4.91. The molecule has 0 aromatic rings. The predicted molar refractivity (Wildman–Crippen MR) is 122 cm³/mol. The van der Waals surface area contributed by atoms with Crippen LogP contribution in [0.1, 0.15) is 84.0 Å². The SMILES string of the molecule is C=CC[C@@H]1C(=O)C[C@@H](OC2CCCCO2)[C@@H]1/C=C/[C@H](CCCCC)OC1CCCCO1. The molecule has 0 aromatic heterocycles. The van der Waals surface area contributed by atoms with Gasteiger partial charge in [-0.2, -0.15) is 0 Å². The van der Waals surface area contributed by atoms with Crippen LogP contribution in [0.3, 0.4) is 0 Å². The molecular formula is C26H42O5. The molecule has 5 heteroatoms. The van der Waals surface area contributed by atoms with Crippen LogP contribution in [0.25, 0.3) is 0 Å². The van der Waals surface area contributed by atoms with Crippen LogP contribution in [0.15, 0.2) is 24.8 Å². The molecule has 0 amide bonds. The molecule has 1 aliphatic carbocycles. The van der Waals surface area contributed by atoms with E-state index in [4.69, 9.17) is 18.9 Å². The van der Waals surface area contributed by atoms with E-state index in [1.54, 1.807) is 0 Å². The van der Waals surface area contributed by atoms with Crippen LogP contribution >= 0.6 is 0 Å². The highest BCUT2D eigenvalue weighted by Gasteiger charge is 2.42. The number of Topliss-reactive ketones (excluding diaryl/α,β-unsaturated/α-hetero) is 1. The van der Waals surface area contributed by atoms with Crippen molar-refractivity contribution < 1.29 is 23.7 Å². The summed E-state index contributed by atoms with van der Waals surface area (Å²) in [6.07, 6.45) is 17.8. The van der Waals surface area contributed by atoms with E-state index in [0.717, 1.165) is 64.6 Å². The number of carbonyl (C=O) groups is 1. The number of allylic oxidation sites excluding steroid dienone is 1. The Morgan fingerprint density at radius 3 is 2.48 bits per heavy atom. The van der Waals surface area contributed by atoms with Crippen molar-refractivity contribution in [2.75, 3.05) is 13.2 Å². The van der Waals surface area contributed by atoms with Crippen molar-refractivity contribution in [1.82, 2.24) is 0 Å². The van der Waals surface area contributed by atoms with Crippen molar-refractivity contribution in [3.05, 3.63) is 24.8 Å². The molecule has 3 rings (SSSR count). The minimum Gasteiger partial charge on any atom is -0.353 e. The Balaban J connectivity index is 1.67. The average Bonchev–Trinajstić information content (AvgIpc) is 3.07. The second kappa shape index (κ2) is 13.5. The van der Waals surface area contributed by atoms with Crippen LogP contribution < -0.4 is 0 Å². The topological polar surface area (TPSA) is 54.0 Å². The second-order valence-corrected chi connectivity index (χ2v) is 9.20. The highest BCUT2D eigenvalue weighted by atomic mass is 16.7. The number of hydrogen-bond acceptors (Lipinski definition) is 5. The maximum atomic E-state index is 12.7. The number of ether oxygens (including phenoxy) is 4. The van der Waals surface area contributed by atoms with Crippen LogP contribution in [-0.2, 0) is 23.7 Å². The monoisotopic (exact) mass is 434 g/mol. The summed E-state index contributed by atoms with van der Waals surface area (Å²) in [7, 11) is 0. The van der Waals surface area contributed by atoms with E-state index in [2.05, 4.69) is 25.7 Å². The lowest BCUT2D eigenvalue weighted by atomic mass is 9.90. The van der Waals surface area contributed by atoms with Gasteiger partial charge in [0.05, 0.1) is 12.2 Å². The van der Waals surface area contributed by atoms with Crippen LogP contribution in [0.4, 0.5) is 0 Å². The lowest BCUT2D eigenvalue weighted by molar-refractivity contribution is -0.192. The Morgan fingerprint density at radius 2 is 1.84 bits per heavy atom. The average molecular weight is 435 g/mol. The van der Waals surface area contributed by atoms with Gasteiger partial charge in [0.25, 0.3) is 0 Å². The predicted octanol–water partition coefficient (Wildman–Crippen LogP) is 5.73. The van der Waals surface area contributed by atoms with Gasteiger partial charge in [-0.05, 0) is 51.4 Å². The summed E-state index contributed by atoms with van der Waals surface area (Å²) < 4.78 is 24.2. The van der Waals surface area contributed by atoms with Gasteiger partial charge in [0, 0.05) is 31.5 Å². The Bertz CT molecular complexity index is 562. The zero-order valence-electron chi connectivity index (χ0n) is 19.3. The first kappa shape index (κ1) is 24.6. The normalized spacial score (nSPS) is 33.1. The van der Waals surface area contributed by atoms with Gasteiger partial charge in [-0.3, -0.25) is 4.79 Å². The number of rotatable bonds is 12. The number of carbonyl (C=O) groups excluding carboxylic acids is 1. The third kappa shape index (κ3) is 7.81. The minimum absolute atomic E-state index is 0.0151. The van der Waals surface area contributed by atoms with Crippen LogP contribution in [-0.4, -0.2) is 43.8 Å². The summed E-state index contributed by atoms with van der Waals surface area (Å²) in [4.78, 5) is 12.7. The number of unbranched alkanes of at least 4 members (excludes halogenated alkanes) is 2. The molecule has 0 bridgehead atoms. The van der Waals surface area contributed by atoms with E-state index in [9.17, 15) is 4.79 Å². The van der Waals surface area contributed by atoms with Gasteiger partial charge < -0.3 is 18.9 Å². The van der Waals surface area contributed by atoms with E-state index in [1.807, 2.05) is 6.08 Å². The number of ketones is 1. The molecule has 5 nitrogen and oxygen atoms in total. The minimum atomic E-state index is -0.183. The summed E-state index contributed by atoms with van der Waals surface area (Å²) in [5, 5.41) is 0. The van der Waals surface area contributed by atoms with Crippen molar-refractivity contribution >= 4 is 5.78 Å². The van der Waals surface area contributed by atoms with E-state index in [-0.39, 0.29) is 42.4 Å². The largest absolute Gasteiger partial charge is 0.353 e. The smallest absolute Gasteiger partial charge is 0.158 e. The van der Waals surface area contributed by atoms with Gasteiger partial charge in [0.15, 0.2) is 12.6 Å². The first-order valence-corrected chi connectivity index (χ1v) is 12.6. The highest BCUT2D eigenvalue weighted by Crippen LogP contribution is 2.37. The second-order valence-electron chi connectivity index (χ2n) is 9.20. The lowest BCUT2D eigenvalue weighted by Gasteiger charge is -2.29. The zero-order valence-corrected chi connectivity index (χ0v) is 19.3.